The monoisotopic (exact) mass is 402 g/mol. The Hall–Kier alpha value is -3.31. The molecule has 4 aromatic carbocycles. The summed E-state index contributed by atoms with van der Waals surface area (Å²) in [5.41, 5.74) is 3.64. The summed E-state index contributed by atoms with van der Waals surface area (Å²) in [6, 6.07) is 28.5. The third-order valence-corrected chi connectivity index (χ3v) is 6.31. The minimum Gasteiger partial charge on any atom is -0.377 e. The lowest BCUT2D eigenvalue weighted by Gasteiger charge is -2.17. The molecule has 0 unspecified atom stereocenters. The molecular formula is C24H22N2O2S. The Morgan fingerprint density at radius 1 is 0.655 bits per heavy atom. The van der Waals surface area contributed by atoms with Crippen molar-refractivity contribution in [3.8, 4) is 11.1 Å². The van der Waals surface area contributed by atoms with Crippen molar-refractivity contribution in [2.45, 2.75) is 4.90 Å². The van der Waals surface area contributed by atoms with Gasteiger partial charge in [-0.2, -0.15) is 0 Å². The van der Waals surface area contributed by atoms with Gasteiger partial charge in [-0.15, -0.1) is 0 Å². The second-order valence-corrected chi connectivity index (χ2v) is 8.72. The second-order valence-electron chi connectivity index (χ2n) is 7.07. The van der Waals surface area contributed by atoms with Gasteiger partial charge in [0.15, 0.2) is 0 Å². The molecule has 0 saturated carbocycles. The Morgan fingerprint density at radius 2 is 1.28 bits per heavy atom. The van der Waals surface area contributed by atoms with Crippen molar-refractivity contribution in [1.29, 1.82) is 0 Å². The summed E-state index contributed by atoms with van der Waals surface area (Å²) >= 11 is 0. The molecule has 4 nitrogen and oxygen atoms in total. The van der Waals surface area contributed by atoms with Crippen LogP contribution in [0, 0.1) is 0 Å². The predicted molar refractivity (Wildman–Crippen MR) is 121 cm³/mol. The zero-order valence-corrected chi connectivity index (χ0v) is 17.1. The van der Waals surface area contributed by atoms with Crippen molar-refractivity contribution in [3.05, 3.63) is 91.0 Å². The van der Waals surface area contributed by atoms with Gasteiger partial charge in [-0.05, 0) is 35.4 Å². The largest absolute Gasteiger partial charge is 0.377 e. The number of hydrogen-bond acceptors (Lipinski definition) is 3. The SMILES string of the molecule is CN(C)c1cccc2c(S(=O)(=O)Nc3ccc(-c4ccccc4)cc3)cccc12. The van der Waals surface area contributed by atoms with E-state index in [0.717, 1.165) is 22.2 Å². The summed E-state index contributed by atoms with van der Waals surface area (Å²) < 4.78 is 29.0. The number of sulfonamides is 1. The maximum absolute atomic E-state index is 13.1. The molecule has 0 spiro atoms. The zero-order chi connectivity index (χ0) is 20.4. The summed E-state index contributed by atoms with van der Waals surface area (Å²) in [6.45, 7) is 0. The first-order valence-corrected chi connectivity index (χ1v) is 10.8. The maximum Gasteiger partial charge on any atom is 0.262 e. The molecule has 5 heteroatoms. The maximum atomic E-state index is 13.1. The molecular weight excluding hydrogens is 380 g/mol. The molecule has 0 amide bonds. The van der Waals surface area contributed by atoms with Crippen LogP contribution < -0.4 is 9.62 Å². The summed E-state index contributed by atoms with van der Waals surface area (Å²) in [7, 11) is 0.165. The van der Waals surface area contributed by atoms with Crippen molar-refractivity contribution in [2.75, 3.05) is 23.7 Å². The van der Waals surface area contributed by atoms with Crippen LogP contribution in [0.4, 0.5) is 11.4 Å². The molecule has 29 heavy (non-hydrogen) atoms. The van der Waals surface area contributed by atoms with E-state index in [2.05, 4.69) is 4.72 Å². The molecule has 0 aliphatic carbocycles. The van der Waals surface area contributed by atoms with Gasteiger partial charge in [-0.3, -0.25) is 4.72 Å². The number of hydrogen-bond donors (Lipinski definition) is 1. The lowest BCUT2D eigenvalue weighted by Crippen LogP contribution is -2.14. The van der Waals surface area contributed by atoms with Gasteiger partial charge in [0.25, 0.3) is 10.0 Å². The third-order valence-electron chi connectivity index (χ3n) is 4.87. The van der Waals surface area contributed by atoms with Crippen LogP contribution in [0.5, 0.6) is 0 Å². The Kier molecular flexibility index (Phi) is 4.99. The van der Waals surface area contributed by atoms with Gasteiger partial charge in [0, 0.05) is 36.2 Å². The average molecular weight is 403 g/mol. The number of nitrogens with one attached hydrogen (secondary N) is 1. The predicted octanol–water partition coefficient (Wildman–Crippen LogP) is 5.37. The highest BCUT2D eigenvalue weighted by Gasteiger charge is 2.18. The number of nitrogens with zero attached hydrogens (tertiary/aromatic N) is 1. The molecule has 0 bridgehead atoms. The van der Waals surface area contributed by atoms with E-state index < -0.39 is 10.0 Å². The van der Waals surface area contributed by atoms with Gasteiger partial charge in [-0.25, -0.2) is 8.42 Å². The third kappa shape index (κ3) is 3.82. The van der Waals surface area contributed by atoms with Crippen molar-refractivity contribution in [3.63, 3.8) is 0 Å². The summed E-state index contributed by atoms with van der Waals surface area (Å²) in [6.07, 6.45) is 0. The highest BCUT2D eigenvalue weighted by molar-refractivity contribution is 7.93. The molecule has 0 atom stereocenters. The molecule has 0 aromatic heterocycles. The number of rotatable bonds is 5. The molecule has 0 saturated heterocycles. The van der Waals surface area contributed by atoms with Gasteiger partial charge in [0.1, 0.15) is 0 Å². The van der Waals surface area contributed by atoms with Crippen LogP contribution >= 0.6 is 0 Å². The van der Waals surface area contributed by atoms with Gasteiger partial charge < -0.3 is 4.90 Å². The minimum absolute atomic E-state index is 0.269. The molecule has 0 radical (unpaired) electrons. The highest BCUT2D eigenvalue weighted by Crippen LogP contribution is 2.31. The van der Waals surface area contributed by atoms with Crippen molar-refractivity contribution in [1.82, 2.24) is 0 Å². The van der Waals surface area contributed by atoms with E-state index in [1.54, 1.807) is 24.3 Å². The Balaban J connectivity index is 1.69. The fraction of sp³-hybridized carbons (Fsp3) is 0.0833. The Morgan fingerprint density at radius 3 is 1.97 bits per heavy atom. The zero-order valence-electron chi connectivity index (χ0n) is 16.3. The van der Waals surface area contributed by atoms with Crippen molar-refractivity contribution in [2.24, 2.45) is 0 Å². The van der Waals surface area contributed by atoms with Crippen LogP contribution in [0.2, 0.25) is 0 Å². The van der Waals surface area contributed by atoms with E-state index in [4.69, 9.17) is 0 Å². The second kappa shape index (κ2) is 7.60. The minimum atomic E-state index is -3.73. The van der Waals surface area contributed by atoms with E-state index in [1.807, 2.05) is 85.7 Å². The topological polar surface area (TPSA) is 49.4 Å². The van der Waals surface area contributed by atoms with Crippen LogP contribution in [-0.4, -0.2) is 22.5 Å². The molecule has 0 fully saturated rings. The first kappa shape index (κ1) is 19.0. The van der Waals surface area contributed by atoms with Crippen LogP contribution in [0.1, 0.15) is 0 Å². The summed E-state index contributed by atoms with van der Waals surface area (Å²) in [5, 5.41) is 1.60. The van der Waals surface area contributed by atoms with Crippen LogP contribution in [0.3, 0.4) is 0 Å². The molecule has 4 aromatic rings. The Labute approximate surface area is 171 Å². The van der Waals surface area contributed by atoms with Gasteiger partial charge in [-0.1, -0.05) is 66.7 Å². The summed E-state index contributed by atoms with van der Waals surface area (Å²) in [5.74, 6) is 0. The van der Waals surface area contributed by atoms with Crippen molar-refractivity contribution >= 4 is 32.2 Å². The Bertz CT molecular complexity index is 1250. The van der Waals surface area contributed by atoms with Crippen LogP contribution in [0.25, 0.3) is 21.9 Å². The smallest absolute Gasteiger partial charge is 0.262 e. The molecule has 1 N–H and O–H groups in total. The number of fused-ring (bicyclic) bond motifs is 1. The van der Waals surface area contributed by atoms with E-state index in [0.29, 0.717) is 11.1 Å². The van der Waals surface area contributed by atoms with E-state index >= 15 is 0 Å². The van der Waals surface area contributed by atoms with E-state index in [9.17, 15) is 8.42 Å². The first-order chi connectivity index (χ1) is 14.0. The van der Waals surface area contributed by atoms with Crippen LogP contribution in [0.15, 0.2) is 95.9 Å². The highest BCUT2D eigenvalue weighted by atomic mass is 32.2. The van der Waals surface area contributed by atoms with Gasteiger partial charge in [0.2, 0.25) is 0 Å². The van der Waals surface area contributed by atoms with Gasteiger partial charge in [0.05, 0.1) is 4.90 Å². The fourth-order valence-electron chi connectivity index (χ4n) is 3.46. The fourth-order valence-corrected chi connectivity index (χ4v) is 4.74. The van der Waals surface area contributed by atoms with E-state index in [-0.39, 0.29) is 4.90 Å². The molecule has 0 heterocycles. The van der Waals surface area contributed by atoms with E-state index in [1.165, 1.54) is 0 Å². The number of anilines is 2. The normalized spacial score (nSPS) is 11.4. The summed E-state index contributed by atoms with van der Waals surface area (Å²) in [4.78, 5) is 2.25. The van der Waals surface area contributed by atoms with Gasteiger partial charge >= 0.3 is 0 Å². The first-order valence-electron chi connectivity index (χ1n) is 9.33. The molecule has 0 aliphatic heterocycles. The molecule has 146 valence electrons. The standard InChI is InChI=1S/C24H22N2O2S/c1-26(2)23-12-6-11-22-21(23)10-7-13-24(22)29(27,28)25-20-16-14-19(15-17-20)18-8-4-3-5-9-18/h3-17,25H,1-2H3. The number of benzene rings is 4. The van der Waals surface area contributed by atoms with Crippen molar-refractivity contribution < 1.29 is 8.42 Å². The molecule has 4 rings (SSSR count). The quantitative estimate of drug-likeness (QED) is 0.488. The average Bonchev–Trinajstić information content (AvgIpc) is 2.73. The lowest BCUT2D eigenvalue weighted by atomic mass is 10.1. The molecule has 0 aliphatic rings. The lowest BCUT2D eigenvalue weighted by molar-refractivity contribution is 0.602. The van der Waals surface area contributed by atoms with Crippen LogP contribution in [-0.2, 0) is 10.0 Å².